The van der Waals surface area contributed by atoms with E-state index in [-0.39, 0.29) is 10.8 Å². The Kier molecular flexibility index (Phi) is 7.01. The number of rotatable bonds is 5. The zero-order valence-electron chi connectivity index (χ0n) is 18.5. The van der Waals surface area contributed by atoms with Gasteiger partial charge in [0.25, 0.3) is 0 Å². The van der Waals surface area contributed by atoms with Crippen LogP contribution < -0.4 is 9.64 Å². The molecule has 2 aliphatic heterocycles. The predicted molar refractivity (Wildman–Crippen MR) is 124 cm³/mol. The molecule has 0 saturated carbocycles. The lowest BCUT2D eigenvalue weighted by atomic mass is 10.0. The first-order valence-electron chi connectivity index (χ1n) is 11.3. The van der Waals surface area contributed by atoms with Gasteiger partial charge in [0.05, 0.1) is 12.0 Å². The van der Waals surface area contributed by atoms with Crippen molar-refractivity contribution < 1.29 is 17.9 Å². The number of sulfonamides is 1. The normalized spacial score (nSPS) is 20.6. The molecule has 2 fully saturated rings. The summed E-state index contributed by atoms with van der Waals surface area (Å²) in [6.45, 7) is 3.18. The fourth-order valence-corrected chi connectivity index (χ4v) is 6.24. The molecule has 4 rings (SSSR count). The maximum Gasteiger partial charge on any atom is 0.243 e. The summed E-state index contributed by atoms with van der Waals surface area (Å²) in [7, 11) is -2.05. The zero-order valence-corrected chi connectivity index (χ0v) is 19.3. The molecular formula is C24H31N3O4S. The molecule has 1 atom stereocenters. The van der Waals surface area contributed by atoms with E-state index >= 15 is 0 Å². The van der Waals surface area contributed by atoms with E-state index in [0.717, 1.165) is 43.8 Å². The van der Waals surface area contributed by atoms with Gasteiger partial charge in [-0.3, -0.25) is 4.79 Å². The smallest absolute Gasteiger partial charge is 0.243 e. The number of anilines is 1. The third kappa shape index (κ3) is 4.76. The van der Waals surface area contributed by atoms with Crippen LogP contribution in [0, 0.1) is 0 Å². The van der Waals surface area contributed by atoms with Crippen LogP contribution in [0.15, 0.2) is 59.5 Å². The number of nitrogens with zero attached hydrogens (tertiary/aromatic N) is 3. The average molecular weight is 458 g/mol. The first-order chi connectivity index (χ1) is 15.5. The molecule has 2 heterocycles. The van der Waals surface area contributed by atoms with Gasteiger partial charge in [-0.1, -0.05) is 24.6 Å². The fraction of sp³-hybridized carbons (Fsp3) is 0.458. The highest BCUT2D eigenvalue weighted by Crippen LogP contribution is 2.27. The van der Waals surface area contributed by atoms with Crippen LogP contribution in [0.2, 0.25) is 0 Å². The largest absolute Gasteiger partial charge is 0.497 e. The SMILES string of the molecule is COc1ccc(N2CCCN(C(=O)C3CCCCN3S(=O)(=O)c3ccccc3)CC2)cc1. The number of carbonyl (C=O) groups excluding carboxylic acids is 1. The average Bonchev–Trinajstić information content (AvgIpc) is 3.10. The van der Waals surface area contributed by atoms with Crippen LogP contribution in [0.5, 0.6) is 5.75 Å². The monoisotopic (exact) mass is 457 g/mol. The lowest BCUT2D eigenvalue weighted by Crippen LogP contribution is -2.53. The summed E-state index contributed by atoms with van der Waals surface area (Å²) < 4.78 is 33.2. The lowest BCUT2D eigenvalue weighted by Gasteiger charge is -2.36. The molecule has 172 valence electrons. The van der Waals surface area contributed by atoms with E-state index < -0.39 is 16.1 Å². The van der Waals surface area contributed by atoms with Crippen LogP contribution in [0.1, 0.15) is 25.7 Å². The third-order valence-corrected chi connectivity index (χ3v) is 8.26. The van der Waals surface area contributed by atoms with Gasteiger partial charge in [-0.15, -0.1) is 0 Å². The van der Waals surface area contributed by atoms with Gasteiger partial charge in [-0.05, 0) is 55.7 Å². The molecule has 0 bridgehead atoms. The van der Waals surface area contributed by atoms with Gasteiger partial charge in [0.15, 0.2) is 0 Å². The van der Waals surface area contributed by atoms with Crippen LogP contribution in [-0.2, 0) is 14.8 Å². The predicted octanol–water partition coefficient (Wildman–Crippen LogP) is 2.98. The number of hydrogen-bond acceptors (Lipinski definition) is 5. The molecule has 2 aromatic carbocycles. The highest BCUT2D eigenvalue weighted by molar-refractivity contribution is 7.89. The van der Waals surface area contributed by atoms with Crippen molar-refractivity contribution in [2.45, 2.75) is 36.6 Å². The van der Waals surface area contributed by atoms with Crippen LogP contribution in [-0.4, -0.2) is 69.4 Å². The highest BCUT2D eigenvalue weighted by atomic mass is 32.2. The van der Waals surface area contributed by atoms with Crippen molar-refractivity contribution >= 4 is 21.6 Å². The van der Waals surface area contributed by atoms with Gasteiger partial charge in [0, 0.05) is 38.4 Å². The summed E-state index contributed by atoms with van der Waals surface area (Å²) in [6, 6.07) is 15.8. The fourth-order valence-electron chi connectivity index (χ4n) is 4.57. The van der Waals surface area contributed by atoms with Crippen LogP contribution in [0.25, 0.3) is 0 Å². The highest BCUT2D eigenvalue weighted by Gasteiger charge is 2.39. The molecule has 0 N–H and O–H groups in total. The maximum absolute atomic E-state index is 13.5. The van der Waals surface area contributed by atoms with Crippen LogP contribution >= 0.6 is 0 Å². The number of benzene rings is 2. The van der Waals surface area contributed by atoms with E-state index in [2.05, 4.69) is 4.90 Å². The van der Waals surface area contributed by atoms with Gasteiger partial charge in [-0.2, -0.15) is 4.31 Å². The number of methoxy groups -OCH3 is 1. The molecule has 8 heteroatoms. The molecular weight excluding hydrogens is 426 g/mol. The Morgan fingerprint density at radius 2 is 1.62 bits per heavy atom. The van der Waals surface area contributed by atoms with E-state index in [1.54, 1.807) is 37.4 Å². The quantitative estimate of drug-likeness (QED) is 0.690. The summed E-state index contributed by atoms with van der Waals surface area (Å²) in [5.41, 5.74) is 1.10. The molecule has 2 saturated heterocycles. The second kappa shape index (κ2) is 9.92. The molecule has 0 radical (unpaired) electrons. The van der Waals surface area contributed by atoms with Crippen molar-refractivity contribution in [2.24, 2.45) is 0 Å². The Bertz CT molecular complexity index is 1010. The second-order valence-electron chi connectivity index (χ2n) is 8.30. The molecule has 1 unspecified atom stereocenters. The number of carbonyl (C=O) groups is 1. The van der Waals surface area contributed by atoms with E-state index in [0.29, 0.717) is 26.1 Å². The van der Waals surface area contributed by atoms with E-state index in [1.165, 1.54) is 4.31 Å². The van der Waals surface area contributed by atoms with Crippen molar-refractivity contribution in [2.75, 3.05) is 44.7 Å². The number of piperidine rings is 1. The van der Waals surface area contributed by atoms with Gasteiger partial charge in [0.1, 0.15) is 11.8 Å². The number of amides is 1. The van der Waals surface area contributed by atoms with Crippen molar-refractivity contribution in [1.29, 1.82) is 0 Å². The molecule has 2 aromatic rings. The lowest BCUT2D eigenvalue weighted by molar-refractivity contribution is -0.136. The van der Waals surface area contributed by atoms with Crippen molar-refractivity contribution in [3.8, 4) is 5.75 Å². The first kappa shape index (κ1) is 22.6. The topological polar surface area (TPSA) is 70.2 Å². The van der Waals surface area contributed by atoms with Crippen LogP contribution in [0.3, 0.4) is 0 Å². The summed E-state index contributed by atoms with van der Waals surface area (Å²) >= 11 is 0. The van der Waals surface area contributed by atoms with E-state index in [1.807, 2.05) is 29.2 Å². The summed E-state index contributed by atoms with van der Waals surface area (Å²) in [6.07, 6.45) is 3.06. The molecule has 32 heavy (non-hydrogen) atoms. The minimum absolute atomic E-state index is 0.0687. The van der Waals surface area contributed by atoms with Gasteiger partial charge in [0.2, 0.25) is 15.9 Å². The Morgan fingerprint density at radius 3 is 2.34 bits per heavy atom. The summed E-state index contributed by atoms with van der Waals surface area (Å²) in [4.78, 5) is 17.9. The Labute approximate surface area is 190 Å². The van der Waals surface area contributed by atoms with Crippen molar-refractivity contribution in [3.05, 3.63) is 54.6 Å². The molecule has 0 aliphatic carbocycles. The number of ether oxygens (including phenoxy) is 1. The van der Waals surface area contributed by atoms with Crippen LogP contribution in [0.4, 0.5) is 5.69 Å². The maximum atomic E-state index is 13.5. The Morgan fingerprint density at radius 1 is 0.875 bits per heavy atom. The van der Waals surface area contributed by atoms with Gasteiger partial charge < -0.3 is 14.5 Å². The van der Waals surface area contributed by atoms with Crippen molar-refractivity contribution in [3.63, 3.8) is 0 Å². The van der Waals surface area contributed by atoms with Gasteiger partial charge in [-0.25, -0.2) is 8.42 Å². The Hall–Kier alpha value is -2.58. The van der Waals surface area contributed by atoms with E-state index in [9.17, 15) is 13.2 Å². The number of hydrogen-bond donors (Lipinski definition) is 0. The second-order valence-corrected chi connectivity index (χ2v) is 10.2. The minimum Gasteiger partial charge on any atom is -0.497 e. The molecule has 0 aromatic heterocycles. The molecule has 2 aliphatic rings. The summed E-state index contributed by atoms with van der Waals surface area (Å²) in [5, 5.41) is 0. The minimum atomic E-state index is -3.70. The molecule has 1 amide bonds. The van der Waals surface area contributed by atoms with Crippen molar-refractivity contribution in [1.82, 2.24) is 9.21 Å². The molecule has 0 spiro atoms. The Balaban J connectivity index is 1.47. The van der Waals surface area contributed by atoms with E-state index in [4.69, 9.17) is 4.74 Å². The summed E-state index contributed by atoms with van der Waals surface area (Å²) in [5.74, 6) is 0.748. The van der Waals surface area contributed by atoms with Gasteiger partial charge >= 0.3 is 0 Å². The first-order valence-corrected chi connectivity index (χ1v) is 12.7. The standard InChI is InChI=1S/C24H31N3O4S/c1-31-21-13-11-20(12-14-21)25-15-7-16-26(19-18-25)24(28)23-10-5-6-17-27(23)32(29,30)22-8-3-2-4-9-22/h2-4,8-9,11-14,23H,5-7,10,15-19H2,1H3. The zero-order chi connectivity index (χ0) is 22.6. The third-order valence-electron chi connectivity index (χ3n) is 6.33. The molecule has 7 nitrogen and oxygen atoms in total.